The molecule has 104 valence electrons. The first-order chi connectivity index (χ1) is 8.77. The van der Waals surface area contributed by atoms with Crippen LogP contribution in [0.25, 0.3) is 0 Å². The molecule has 0 bridgehead atoms. The second kappa shape index (κ2) is 5.87. The number of methoxy groups -OCH3 is 1. The van der Waals surface area contributed by atoms with Crippen LogP contribution in [0.3, 0.4) is 0 Å². The third-order valence-electron chi connectivity index (χ3n) is 2.96. The van der Waals surface area contributed by atoms with Gasteiger partial charge in [0.2, 0.25) is 0 Å². The molecule has 0 saturated carbocycles. The quantitative estimate of drug-likeness (QED) is 0.849. The van der Waals surface area contributed by atoms with E-state index in [1.165, 1.54) is 12.7 Å². The number of hydrogen-bond acceptors (Lipinski definition) is 3. The molecule has 1 aromatic carbocycles. The normalized spacial score (nSPS) is 11.3. The van der Waals surface area contributed by atoms with E-state index >= 15 is 0 Å². The number of benzene rings is 1. The number of amides is 1. The standard InChI is InChI=1S/C15H21NO3/c1-10(2)11-6-8-12(9-7-11)13(17)16-15(3,4)14(18)19-5/h6-10H,1-5H3,(H,16,17). The lowest BCUT2D eigenvalue weighted by atomic mass is 10.0. The predicted molar refractivity (Wildman–Crippen MR) is 74.1 cm³/mol. The molecule has 0 atom stereocenters. The van der Waals surface area contributed by atoms with Gasteiger partial charge in [-0.1, -0.05) is 26.0 Å². The van der Waals surface area contributed by atoms with Crippen molar-refractivity contribution in [3.63, 3.8) is 0 Å². The maximum Gasteiger partial charge on any atom is 0.330 e. The largest absolute Gasteiger partial charge is 0.467 e. The van der Waals surface area contributed by atoms with Gasteiger partial charge in [0.25, 0.3) is 5.91 Å². The van der Waals surface area contributed by atoms with Gasteiger partial charge >= 0.3 is 5.97 Å². The van der Waals surface area contributed by atoms with E-state index in [-0.39, 0.29) is 5.91 Å². The minimum Gasteiger partial charge on any atom is -0.467 e. The Bertz CT molecular complexity index is 461. The molecule has 0 aromatic heterocycles. The summed E-state index contributed by atoms with van der Waals surface area (Å²) in [5.74, 6) is -0.339. The van der Waals surface area contributed by atoms with E-state index in [0.717, 1.165) is 0 Å². The number of nitrogens with one attached hydrogen (secondary N) is 1. The van der Waals surface area contributed by atoms with Crippen molar-refractivity contribution < 1.29 is 14.3 Å². The molecule has 0 heterocycles. The van der Waals surface area contributed by atoms with Crippen LogP contribution in [0.15, 0.2) is 24.3 Å². The van der Waals surface area contributed by atoms with Gasteiger partial charge in [0.15, 0.2) is 0 Å². The minimum absolute atomic E-state index is 0.286. The van der Waals surface area contributed by atoms with Crippen molar-refractivity contribution in [3.8, 4) is 0 Å². The SMILES string of the molecule is COC(=O)C(C)(C)NC(=O)c1ccc(C(C)C)cc1. The van der Waals surface area contributed by atoms with E-state index in [1.807, 2.05) is 12.1 Å². The number of rotatable bonds is 4. The van der Waals surface area contributed by atoms with Gasteiger partial charge in [0, 0.05) is 5.56 Å². The zero-order chi connectivity index (χ0) is 14.6. The Labute approximate surface area is 114 Å². The lowest BCUT2D eigenvalue weighted by Gasteiger charge is -2.23. The summed E-state index contributed by atoms with van der Waals surface area (Å²) in [4.78, 5) is 23.5. The summed E-state index contributed by atoms with van der Waals surface area (Å²) >= 11 is 0. The third kappa shape index (κ3) is 3.81. The molecule has 0 saturated heterocycles. The molecule has 1 N–H and O–H groups in total. The molecule has 1 rings (SSSR count). The molecule has 4 nitrogen and oxygen atoms in total. The van der Waals surface area contributed by atoms with E-state index in [4.69, 9.17) is 0 Å². The molecule has 0 aliphatic heterocycles. The molecular weight excluding hydrogens is 242 g/mol. The Morgan fingerprint density at radius 1 is 1.16 bits per heavy atom. The molecular formula is C15H21NO3. The lowest BCUT2D eigenvalue weighted by Crippen LogP contribution is -2.50. The van der Waals surface area contributed by atoms with Crippen LogP contribution in [0, 0.1) is 0 Å². The first-order valence-corrected chi connectivity index (χ1v) is 6.29. The Balaban J connectivity index is 2.81. The molecule has 0 unspecified atom stereocenters. The molecule has 1 amide bonds. The van der Waals surface area contributed by atoms with Gasteiger partial charge in [-0.15, -0.1) is 0 Å². The van der Waals surface area contributed by atoms with E-state index in [1.54, 1.807) is 26.0 Å². The summed E-state index contributed by atoms with van der Waals surface area (Å²) in [6.45, 7) is 7.41. The highest BCUT2D eigenvalue weighted by molar-refractivity contribution is 5.97. The van der Waals surface area contributed by atoms with Crippen LogP contribution in [0.5, 0.6) is 0 Å². The highest BCUT2D eigenvalue weighted by atomic mass is 16.5. The van der Waals surface area contributed by atoms with Crippen molar-refractivity contribution >= 4 is 11.9 Å². The van der Waals surface area contributed by atoms with Crippen LogP contribution in [0.4, 0.5) is 0 Å². The summed E-state index contributed by atoms with van der Waals surface area (Å²) in [6.07, 6.45) is 0. The average Bonchev–Trinajstić information content (AvgIpc) is 2.37. The van der Waals surface area contributed by atoms with E-state index in [2.05, 4.69) is 23.9 Å². The number of carbonyl (C=O) groups excluding carboxylic acids is 2. The summed E-state index contributed by atoms with van der Waals surface area (Å²) in [7, 11) is 1.30. The number of hydrogen-bond donors (Lipinski definition) is 1. The Kier molecular flexibility index (Phi) is 4.70. The van der Waals surface area contributed by atoms with Crippen LogP contribution >= 0.6 is 0 Å². The maximum absolute atomic E-state index is 12.0. The highest BCUT2D eigenvalue weighted by Crippen LogP contribution is 2.15. The van der Waals surface area contributed by atoms with Gasteiger partial charge in [-0.25, -0.2) is 4.79 Å². The van der Waals surface area contributed by atoms with Gasteiger partial charge in [-0.2, -0.15) is 0 Å². The van der Waals surface area contributed by atoms with Crippen LogP contribution in [0.1, 0.15) is 49.5 Å². The second-order valence-corrected chi connectivity index (χ2v) is 5.35. The van der Waals surface area contributed by atoms with Gasteiger partial charge in [-0.05, 0) is 37.5 Å². The maximum atomic E-state index is 12.0. The van der Waals surface area contributed by atoms with E-state index in [0.29, 0.717) is 11.5 Å². The molecule has 0 aliphatic carbocycles. The van der Waals surface area contributed by atoms with Gasteiger partial charge in [0.05, 0.1) is 7.11 Å². The minimum atomic E-state index is -1.04. The van der Waals surface area contributed by atoms with Crippen LogP contribution in [-0.2, 0) is 9.53 Å². The molecule has 0 fully saturated rings. The van der Waals surface area contributed by atoms with Crippen LogP contribution in [-0.4, -0.2) is 24.5 Å². The fourth-order valence-corrected chi connectivity index (χ4v) is 1.68. The second-order valence-electron chi connectivity index (χ2n) is 5.35. The molecule has 0 spiro atoms. The van der Waals surface area contributed by atoms with Gasteiger partial charge in [0.1, 0.15) is 5.54 Å². The van der Waals surface area contributed by atoms with Gasteiger partial charge in [-0.3, -0.25) is 4.79 Å². The van der Waals surface area contributed by atoms with Crippen molar-refractivity contribution in [2.24, 2.45) is 0 Å². The number of ether oxygens (including phenoxy) is 1. The molecule has 0 radical (unpaired) electrons. The molecule has 19 heavy (non-hydrogen) atoms. The smallest absolute Gasteiger partial charge is 0.330 e. The Morgan fingerprint density at radius 3 is 2.11 bits per heavy atom. The summed E-state index contributed by atoms with van der Waals surface area (Å²) < 4.78 is 4.65. The monoisotopic (exact) mass is 263 g/mol. The van der Waals surface area contributed by atoms with E-state index < -0.39 is 11.5 Å². The summed E-state index contributed by atoms with van der Waals surface area (Å²) in [6, 6.07) is 7.37. The molecule has 1 aromatic rings. The predicted octanol–water partition coefficient (Wildman–Crippen LogP) is 2.49. The van der Waals surface area contributed by atoms with Crippen molar-refractivity contribution in [2.75, 3.05) is 7.11 Å². The zero-order valence-electron chi connectivity index (χ0n) is 12.1. The highest BCUT2D eigenvalue weighted by Gasteiger charge is 2.30. The summed E-state index contributed by atoms with van der Waals surface area (Å²) in [5, 5.41) is 2.66. The summed E-state index contributed by atoms with van der Waals surface area (Å²) in [5.41, 5.74) is 0.660. The van der Waals surface area contributed by atoms with Crippen molar-refractivity contribution in [1.29, 1.82) is 0 Å². The van der Waals surface area contributed by atoms with Crippen LogP contribution in [0.2, 0.25) is 0 Å². The van der Waals surface area contributed by atoms with Crippen molar-refractivity contribution in [1.82, 2.24) is 5.32 Å². The molecule has 4 heteroatoms. The van der Waals surface area contributed by atoms with E-state index in [9.17, 15) is 9.59 Å². The van der Waals surface area contributed by atoms with Gasteiger partial charge < -0.3 is 10.1 Å². The Morgan fingerprint density at radius 2 is 1.68 bits per heavy atom. The Hall–Kier alpha value is -1.84. The lowest BCUT2D eigenvalue weighted by molar-refractivity contribution is -0.146. The zero-order valence-corrected chi connectivity index (χ0v) is 12.1. The van der Waals surface area contributed by atoms with Crippen molar-refractivity contribution in [3.05, 3.63) is 35.4 Å². The average molecular weight is 263 g/mol. The molecule has 0 aliphatic rings. The fraction of sp³-hybridized carbons (Fsp3) is 0.467. The number of esters is 1. The van der Waals surface area contributed by atoms with Crippen molar-refractivity contribution in [2.45, 2.75) is 39.2 Å². The third-order valence-corrected chi connectivity index (χ3v) is 2.96. The first-order valence-electron chi connectivity index (χ1n) is 6.29. The van der Waals surface area contributed by atoms with Crippen LogP contribution < -0.4 is 5.32 Å². The fourth-order valence-electron chi connectivity index (χ4n) is 1.68. The number of carbonyl (C=O) groups is 2. The topological polar surface area (TPSA) is 55.4 Å². The first kappa shape index (κ1) is 15.2.